The topological polar surface area (TPSA) is 0 Å². The molecule has 3 aliphatic rings. The predicted octanol–water partition coefficient (Wildman–Crippen LogP) is -2.40. The van der Waals surface area contributed by atoms with Gasteiger partial charge in [-0.15, -0.1) is 0 Å². The first-order valence-corrected chi connectivity index (χ1v) is 8.68. The van der Waals surface area contributed by atoms with Crippen molar-refractivity contribution in [2.75, 3.05) is 0 Å². The van der Waals surface area contributed by atoms with Gasteiger partial charge in [-0.2, -0.15) is 0 Å². The molecule has 0 saturated heterocycles. The smallest absolute Gasteiger partial charge is 0.0625 e. The maximum atomic E-state index is 2.35. The van der Waals surface area contributed by atoms with Gasteiger partial charge in [-0.1, -0.05) is 91.4 Å². The van der Waals surface area contributed by atoms with Crippen molar-refractivity contribution in [1.82, 2.24) is 0 Å². The molecular formula is C18H36Li2Na+3. The van der Waals surface area contributed by atoms with E-state index < -0.39 is 0 Å². The second kappa shape index (κ2) is 18.5. The molecule has 3 aliphatic carbocycles. The van der Waals surface area contributed by atoms with Crippen LogP contribution in [0.1, 0.15) is 97.8 Å². The molecule has 0 N–H and O–H groups in total. The van der Waals surface area contributed by atoms with E-state index >= 15 is 0 Å². The number of hydrogen-bond donors (Lipinski definition) is 0. The van der Waals surface area contributed by atoms with Crippen LogP contribution in [-0.2, 0) is 0 Å². The molecule has 0 aliphatic heterocycles. The van der Waals surface area contributed by atoms with Crippen LogP contribution in [-0.4, -0.2) is 0 Å². The Kier molecular flexibility index (Phi) is 24.7. The molecule has 0 aromatic carbocycles. The first-order valence-electron chi connectivity index (χ1n) is 8.68. The van der Waals surface area contributed by atoms with E-state index in [1.165, 1.54) is 77.0 Å². The molecule has 0 radical (unpaired) electrons. The molecule has 3 rings (SSSR count). The zero-order chi connectivity index (χ0) is 13.2. The normalized spacial score (nSPS) is 27.0. The Morgan fingerprint density at radius 1 is 0.476 bits per heavy atom. The number of rotatable bonds is 0. The maximum Gasteiger partial charge on any atom is 1.00 e. The molecule has 3 saturated carbocycles. The fourth-order valence-corrected chi connectivity index (χ4v) is 3.51. The molecule has 0 aromatic rings. The van der Waals surface area contributed by atoms with Crippen molar-refractivity contribution >= 4 is 0 Å². The molecule has 2 atom stereocenters. The van der Waals surface area contributed by atoms with Crippen LogP contribution < -0.4 is 67.3 Å². The monoisotopic (exact) mass is 289 g/mol. The van der Waals surface area contributed by atoms with Gasteiger partial charge in [0.05, 0.1) is 0 Å². The third kappa shape index (κ3) is 16.8. The first kappa shape index (κ1) is 28.0. The van der Waals surface area contributed by atoms with Crippen molar-refractivity contribution in [2.45, 2.75) is 97.8 Å². The average Bonchev–Trinajstić information content (AvgIpc) is 3.04. The van der Waals surface area contributed by atoms with Gasteiger partial charge >= 0.3 is 67.3 Å². The van der Waals surface area contributed by atoms with E-state index in [-0.39, 0.29) is 67.3 Å². The van der Waals surface area contributed by atoms with Gasteiger partial charge in [-0.05, 0) is 24.2 Å². The third-order valence-electron chi connectivity index (χ3n) is 4.85. The molecule has 0 bridgehead atoms. The van der Waals surface area contributed by atoms with Crippen LogP contribution in [0.3, 0.4) is 0 Å². The Balaban J connectivity index is -0.000000218. The molecule has 0 heterocycles. The standard InChI is InChI=1S/C7H14.C6H12.C5H10.2Li.Na/c1-6-3-4-7(2)5-6;1-6-4-2-3-5-6;1-2-4-5-3-1;;;/h6-7H,3-5H2,1-2H3;6H,2-5H2,1H3;1-5H2;;;/q;;;3*+1. The predicted molar refractivity (Wildman–Crippen MR) is 82.9 cm³/mol. The van der Waals surface area contributed by atoms with Crippen LogP contribution in [0.15, 0.2) is 0 Å². The second-order valence-corrected chi connectivity index (χ2v) is 7.18. The van der Waals surface area contributed by atoms with Gasteiger partial charge in [0.1, 0.15) is 0 Å². The minimum absolute atomic E-state index is 0. The van der Waals surface area contributed by atoms with E-state index in [1.807, 2.05) is 0 Å². The van der Waals surface area contributed by atoms with Gasteiger partial charge in [-0.25, -0.2) is 0 Å². The van der Waals surface area contributed by atoms with Crippen molar-refractivity contribution in [1.29, 1.82) is 0 Å². The zero-order valence-corrected chi connectivity index (χ0v) is 18.2. The van der Waals surface area contributed by atoms with Crippen LogP contribution in [0.2, 0.25) is 0 Å². The molecule has 3 heteroatoms. The van der Waals surface area contributed by atoms with E-state index in [4.69, 9.17) is 0 Å². The van der Waals surface area contributed by atoms with Gasteiger partial charge in [0.15, 0.2) is 0 Å². The van der Waals surface area contributed by atoms with Crippen LogP contribution in [0, 0.1) is 17.8 Å². The SMILES string of the molecule is C1CCCC1.CC1CCC(C)C1.CC1CCCC1.[Li+].[Li+].[Na+]. The van der Waals surface area contributed by atoms with E-state index in [9.17, 15) is 0 Å². The Hall–Kier alpha value is 2.19. The first-order chi connectivity index (χ1) is 8.68. The Morgan fingerprint density at radius 2 is 0.810 bits per heavy atom. The summed E-state index contributed by atoms with van der Waals surface area (Å²) in [5.41, 5.74) is 0. The van der Waals surface area contributed by atoms with Crippen molar-refractivity contribution < 1.29 is 67.3 Å². The molecular weight excluding hydrogens is 253 g/mol. The van der Waals surface area contributed by atoms with E-state index in [2.05, 4.69) is 20.8 Å². The number of hydrogen-bond acceptors (Lipinski definition) is 0. The van der Waals surface area contributed by atoms with Crippen LogP contribution in [0.4, 0.5) is 0 Å². The van der Waals surface area contributed by atoms with Crippen molar-refractivity contribution in [3.63, 3.8) is 0 Å². The van der Waals surface area contributed by atoms with Crippen LogP contribution in [0.25, 0.3) is 0 Å². The van der Waals surface area contributed by atoms with Gasteiger partial charge in [-0.3, -0.25) is 0 Å². The Morgan fingerprint density at radius 3 is 0.952 bits per heavy atom. The quantitative estimate of drug-likeness (QED) is 0.436. The Bertz CT molecular complexity index is 174. The van der Waals surface area contributed by atoms with Crippen molar-refractivity contribution in [3.8, 4) is 0 Å². The molecule has 0 aromatic heterocycles. The minimum Gasteiger partial charge on any atom is -0.0625 e. The third-order valence-corrected chi connectivity index (χ3v) is 4.85. The van der Waals surface area contributed by atoms with Gasteiger partial charge < -0.3 is 0 Å². The van der Waals surface area contributed by atoms with E-state index in [0.717, 1.165) is 17.8 Å². The van der Waals surface area contributed by atoms with Gasteiger partial charge in [0.25, 0.3) is 0 Å². The largest absolute Gasteiger partial charge is 1.00 e. The average molecular weight is 289 g/mol. The van der Waals surface area contributed by atoms with Gasteiger partial charge in [0.2, 0.25) is 0 Å². The van der Waals surface area contributed by atoms with Crippen molar-refractivity contribution in [3.05, 3.63) is 0 Å². The molecule has 3 fully saturated rings. The molecule has 0 amide bonds. The van der Waals surface area contributed by atoms with Crippen LogP contribution >= 0.6 is 0 Å². The maximum absolute atomic E-state index is 2.35. The fraction of sp³-hybridized carbons (Fsp3) is 1.00. The summed E-state index contributed by atoms with van der Waals surface area (Å²) in [6, 6.07) is 0. The van der Waals surface area contributed by atoms with Gasteiger partial charge in [0, 0.05) is 0 Å². The summed E-state index contributed by atoms with van der Waals surface area (Å²) < 4.78 is 0. The summed E-state index contributed by atoms with van der Waals surface area (Å²) in [5.74, 6) is 3.09. The molecule has 108 valence electrons. The summed E-state index contributed by atoms with van der Waals surface area (Å²) in [4.78, 5) is 0. The molecule has 2 unspecified atom stereocenters. The minimum atomic E-state index is 0. The van der Waals surface area contributed by atoms with E-state index in [1.54, 1.807) is 0 Å². The van der Waals surface area contributed by atoms with Crippen molar-refractivity contribution in [2.24, 2.45) is 17.8 Å². The second-order valence-electron chi connectivity index (χ2n) is 7.18. The summed E-state index contributed by atoms with van der Waals surface area (Å²) >= 11 is 0. The van der Waals surface area contributed by atoms with E-state index in [0.29, 0.717) is 0 Å². The Labute approximate surface area is 181 Å². The summed E-state index contributed by atoms with van der Waals surface area (Å²) in [6.45, 7) is 7.04. The van der Waals surface area contributed by atoms with Crippen LogP contribution in [0.5, 0.6) is 0 Å². The molecule has 21 heavy (non-hydrogen) atoms. The molecule has 0 nitrogen and oxygen atoms in total. The summed E-state index contributed by atoms with van der Waals surface area (Å²) in [6.07, 6.45) is 17.9. The summed E-state index contributed by atoms with van der Waals surface area (Å²) in [5, 5.41) is 0. The fourth-order valence-electron chi connectivity index (χ4n) is 3.51. The zero-order valence-electron chi connectivity index (χ0n) is 16.2. The molecule has 0 spiro atoms. The summed E-state index contributed by atoms with van der Waals surface area (Å²) in [7, 11) is 0.